The van der Waals surface area contributed by atoms with E-state index < -0.39 is 5.41 Å². The van der Waals surface area contributed by atoms with Gasteiger partial charge < -0.3 is 14.3 Å². The van der Waals surface area contributed by atoms with E-state index in [4.69, 9.17) is 9.15 Å². The lowest BCUT2D eigenvalue weighted by Gasteiger charge is -2.57. The summed E-state index contributed by atoms with van der Waals surface area (Å²) in [4.78, 5) is 12.6. The first kappa shape index (κ1) is 19.2. The van der Waals surface area contributed by atoms with Gasteiger partial charge in [-0.1, -0.05) is 25.5 Å². The number of carbonyl (C=O) groups is 1. The zero-order valence-corrected chi connectivity index (χ0v) is 16.3. The molecule has 1 heterocycles. The Morgan fingerprint density at radius 3 is 2.88 bits per heavy atom. The van der Waals surface area contributed by atoms with E-state index in [1.807, 2.05) is 6.07 Å². The zero-order chi connectivity index (χ0) is 18.9. The number of hydrogen-bond acceptors (Lipinski definition) is 4. The van der Waals surface area contributed by atoms with Gasteiger partial charge in [0.2, 0.25) is 0 Å². The van der Waals surface area contributed by atoms with Gasteiger partial charge in [-0.2, -0.15) is 0 Å². The summed E-state index contributed by atoms with van der Waals surface area (Å²) in [6.07, 6.45) is 8.59. The van der Waals surface area contributed by atoms with Crippen LogP contribution in [0.4, 0.5) is 0 Å². The van der Waals surface area contributed by atoms with Crippen molar-refractivity contribution in [2.75, 3.05) is 7.11 Å². The van der Waals surface area contributed by atoms with Gasteiger partial charge in [-0.3, -0.25) is 4.79 Å². The first-order valence-corrected chi connectivity index (χ1v) is 9.79. The first-order chi connectivity index (χ1) is 12.4. The Hall–Kier alpha value is -1.55. The van der Waals surface area contributed by atoms with Crippen molar-refractivity contribution < 1.29 is 19.1 Å². The third-order valence-corrected chi connectivity index (χ3v) is 7.36. The number of fused-ring (bicyclic) bond motifs is 1. The molecule has 0 saturated heterocycles. The average Bonchev–Trinajstić information content (AvgIpc) is 3.07. The highest BCUT2D eigenvalue weighted by molar-refractivity contribution is 5.77. The van der Waals surface area contributed by atoms with Gasteiger partial charge in [-0.25, -0.2) is 0 Å². The largest absolute Gasteiger partial charge is 0.469 e. The molecule has 0 spiro atoms. The van der Waals surface area contributed by atoms with Crippen molar-refractivity contribution in [1.29, 1.82) is 0 Å². The molecule has 2 fully saturated rings. The Bertz CT molecular complexity index is 675. The number of esters is 1. The van der Waals surface area contributed by atoms with Crippen molar-refractivity contribution in [2.45, 2.75) is 65.4 Å². The normalized spacial score (nSPS) is 34.4. The lowest BCUT2D eigenvalue weighted by molar-refractivity contribution is -0.168. The highest BCUT2D eigenvalue weighted by atomic mass is 16.5. The molecule has 4 nitrogen and oxygen atoms in total. The summed E-state index contributed by atoms with van der Waals surface area (Å²) in [6.45, 7) is 8.80. The number of aliphatic hydroxyl groups is 1. The fraction of sp³-hybridized carbons (Fsp3) is 0.682. The number of furan rings is 1. The zero-order valence-electron chi connectivity index (χ0n) is 16.3. The lowest BCUT2D eigenvalue weighted by Crippen LogP contribution is -2.53. The second kappa shape index (κ2) is 7.22. The molecule has 3 rings (SSSR count). The molecular formula is C22H32O4. The molecule has 1 N–H and O–H groups in total. The monoisotopic (exact) mass is 360 g/mol. The third kappa shape index (κ3) is 3.02. The quantitative estimate of drug-likeness (QED) is 0.613. The van der Waals surface area contributed by atoms with Crippen molar-refractivity contribution in [3.05, 3.63) is 35.8 Å². The molecule has 2 aliphatic rings. The van der Waals surface area contributed by atoms with Crippen LogP contribution in [0.3, 0.4) is 0 Å². The second-order valence-electron chi connectivity index (χ2n) is 8.64. The van der Waals surface area contributed by atoms with Crippen molar-refractivity contribution in [3.8, 4) is 0 Å². The van der Waals surface area contributed by atoms with Gasteiger partial charge in [0.05, 0.1) is 18.8 Å². The van der Waals surface area contributed by atoms with Crippen LogP contribution in [0, 0.1) is 22.7 Å². The molecule has 0 aromatic carbocycles. The molecule has 1 aromatic heterocycles. The van der Waals surface area contributed by atoms with Gasteiger partial charge in [-0.15, -0.1) is 0 Å². The van der Waals surface area contributed by atoms with E-state index in [0.29, 0.717) is 17.6 Å². The lowest BCUT2D eigenvalue weighted by atomic mass is 9.46. The summed E-state index contributed by atoms with van der Waals surface area (Å²) in [7, 11) is 1.51. The summed E-state index contributed by atoms with van der Waals surface area (Å²) in [5.41, 5.74) is 2.07. The van der Waals surface area contributed by atoms with E-state index in [1.165, 1.54) is 12.7 Å². The van der Waals surface area contributed by atoms with Gasteiger partial charge in [0.15, 0.2) is 0 Å². The number of aryl methyl sites for hydroxylation is 1. The summed E-state index contributed by atoms with van der Waals surface area (Å²) in [5.74, 6) is 1.31. The van der Waals surface area contributed by atoms with Crippen LogP contribution in [0.5, 0.6) is 0 Å². The maximum Gasteiger partial charge on any atom is 0.311 e. The smallest absolute Gasteiger partial charge is 0.311 e. The Balaban J connectivity index is 1.85. The number of aliphatic hydroxyl groups excluding tert-OH is 1. The third-order valence-electron chi connectivity index (χ3n) is 7.36. The Morgan fingerprint density at radius 1 is 1.42 bits per heavy atom. The van der Waals surface area contributed by atoms with E-state index >= 15 is 0 Å². The van der Waals surface area contributed by atoms with Crippen LogP contribution in [0.2, 0.25) is 0 Å². The summed E-state index contributed by atoms with van der Waals surface area (Å²) < 4.78 is 10.6. The molecule has 0 bridgehead atoms. The van der Waals surface area contributed by atoms with Crippen LogP contribution in [-0.2, 0) is 22.6 Å². The topological polar surface area (TPSA) is 59.7 Å². The molecule has 2 saturated carbocycles. The molecule has 1 aromatic rings. The molecule has 0 unspecified atom stereocenters. The van der Waals surface area contributed by atoms with E-state index in [9.17, 15) is 9.90 Å². The summed E-state index contributed by atoms with van der Waals surface area (Å²) in [5, 5.41) is 9.43. The highest BCUT2D eigenvalue weighted by Gasteiger charge is 2.57. The van der Waals surface area contributed by atoms with Crippen LogP contribution in [0.15, 0.2) is 28.9 Å². The van der Waals surface area contributed by atoms with Crippen molar-refractivity contribution >= 4 is 5.97 Å². The van der Waals surface area contributed by atoms with Gasteiger partial charge >= 0.3 is 5.97 Å². The molecule has 4 atom stereocenters. The Morgan fingerprint density at radius 2 is 2.19 bits per heavy atom. The fourth-order valence-corrected chi connectivity index (χ4v) is 5.99. The van der Waals surface area contributed by atoms with Gasteiger partial charge in [0.25, 0.3) is 0 Å². The van der Waals surface area contributed by atoms with Crippen LogP contribution < -0.4 is 0 Å². The van der Waals surface area contributed by atoms with E-state index in [-0.39, 0.29) is 18.0 Å². The SMILES string of the molecule is C=C1CC[C@H]2[C@@](C)(CCC[C@]2(C)C(=O)OC)[C@H]1CCc1ccoc1CO. The van der Waals surface area contributed by atoms with Crippen LogP contribution in [0.1, 0.15) is 63.7 Å². The minimum atomic E-state index is -0.396. The van der Waals surface area contributed by atoms with Crippen LogP contribution in [0.25, 0.3) is 0 Å². The minimum absolute atomic E-state index is 0.0583. The van der Waals surface area contributed by atoms with Crippen LogP contribution >= 0.6 is 0 Å². The molecule has 26 heavy (non-hydrogen) atoms. The maximum atomic E-state index is 12.6. The molecular weight excluding hydrogens is 328 g/mol. The second-order valence-corrected chi connectivity index (χ2v) is 8.64. The number of allylic oxidation sites excluding steroid dienone is 1. The molecule has 0 aliphatic heterocycles. The van der Waals surface area contributed by atoms with E-state index in [0.717, 1.165) is 50.5 Å². The predicted molar refractivity (Wildman–Crippen MR) is 100 cm³/mol. The van der Waals surface area contributed by atoms with Crippen molar-refractivity contribution in [2.24, 2.45) is 22.7 Å². The molecule has 0 amide bonds. The maximum absolute atomic E-state index is 12.6. The molecule has 144 valence electrons. The number of rotatable bonds is 5. The molecule has 4 heteroatoms. The highest BCUT2D eigenvalue weighted by Crippen LogP contribution is 2.62. The van der Waals surface area contributed by atoms with Gasteiger partial charge in [-0.05, 0) is 74.3 Å². The standard InChI is InChI=1S/C22H32O4/c1-15-6-9-19-21(2,11-5-12-22(19,3)20(24)25-4)17(15)8-7-16-10-13-26-18(16)14-23/h10,13,17,19,23H,1,5-9,11-12,14H2,2-4H3/t17-,19-,21-,22-/m0/s1. The van der Waals surface area contributed by atoms with E-state index in [1.54, 1.807) is 6.26 Å². The summed E-state index contributed by atoms with van der Waals surface area (Å²) >= 11 is 0. The van der Waals surface area contributed by atoms with Crippen LogP contribution in [-0.4, -0.2) is 18.2 Å². The number of methoxy groups -OCH3 is 1. The first-order valence-electron chi connectivity index (χ1n) is 9.79. The number of ether oxygens (including phenoxy) is 1. The minimum Gasteiger partial charge on any atom is -0.469 e. The Kier molecular flexibility index (Phi) is 5.34. The summed E-state index contributed by atoms with van der Waals surface area (Å²) in [6, 6.07) is 1.95. The fourth-order valence-electron chi connectivity index (χ4n) is 5.99. The molecule has 2 aliphatic carbocycles. The van der Waals surface area contributed by atoms with Gasteiger partial charge in [0, 0.05) is 0 Å². The van der Waals surface area contributed by atoms with Gasteiger partial charge in [0.1, 0.15) is 12.4 Å². The van der Waals surface area contributed by atoms with E-state index in [2.05, 4.69) is 20.4 Å². The number of carbonyl (C=O) groups excluding carboxylic acids is 1. The van der Waals surface area contributed by atoms with Crippen molar-refractivity contribution in [3.63, 3.8) is 0 Å². The Labute approximate surface area is 156 Å². The predicted octanol–water partition coefficient (Wildman–Crippen LogP) is 4.66. The average molecular weight is 360 g/mol. The molecule has 0 radical (unpaired) electrons. The number of hydrogen-bond donors (Lipinski definition) is 1. The van der Waals surface area contributed by atoms with Crippen molar-refractivity contribution in [1.82, 2.24) is 0 Å².